The van der Waals surface area contributed by atoms with Crippen LogP contribution in [0.1, 0.15) is 33.3 Å². The smallest absolute Gasteiger partial charge is 0.0623 e. The van der Waals surface area contributed by atoms with Gasteiger partial charge in [-0.15, -0.1) is 0 Å². The van der Waals surface area contributed by atoms with Crippen LogP contribution >= 0.6 is 0 Å². The molecule has 0 bridgehead atoms. The van der Waals surface area contributed by atoms with Crippen molar-refractivity contribution in [1.82, 2.24) is 0 Å². The summed E-state index contributed by atoms with van der Waals surface area (Å²) in [4.78, 5) is 0. The summed E-state index contributed by atoms with van der Waals surface area (Å²) in [6.45, 7) is 10.8. The molecule has 0 amide bonds. The fourth-order valence-electron chi connectivity index (χ4n) is 4.93. The van der Waals surface area contributed by atoms with E-state index in [0.717, 1.165) is 0 Å². The molecular formula is C36H38Si. The van der Waals surface area contributed by atoms with E-state index in [4.69, 9.17) is 0 Å². The Kier molecular flexibility index (Phi) is 8.26. The first-order chi connectivity index (χ1) is 17.8. The normalized spacial score (nSPS) is 12.7. The molecule has 0 saturated heterocycles. The van der Waals surface area contributed by atoms with Gasteiger partial charge in [-0.3, -0.25) is 0 Å². The van der Waals surface area contributed by atoms with Crippen molar-refractivity contribution < 1.29 is 0 Å². The number of hydrogen-bond donors (Lipinski definition) is 0. The van der Waals surface area contributed by atoms with Crippen LogP contribution in [0.2, 0.25) is 0 Å². The minimum absolute atomic E-state index is 0.500. The highest BCUT2D eigenvalue weighted by Crippen LogP contribution is 2.28. The second kappa shape index (κ2) is 11.6. The van der Waals surface area contributed by atoms with E-state index < -0.39 is 8.07 Å². The van der Waals surface area contributed by atoms with Gasteiger partial charge in [0.05, 0.1) is 0 Å². The second-order valence-corrected chi connectivity index (χ2v) is 15.0. The highest BCUT2D eigenvalue weighted by atomic mass is 28.3. The van der Waals surface area contributed by atoms with Gasteiger partial charge in [-0.2, -0.15) is 0 Å². The predicted octanol–water partition coefficient (Wildman–Crippen LogP) is 7.09. The predicted molar refractivity (Wildman–Crippen MR) is 165 cm³/mol. The lowest BCUT2D eigenvalue weighted by Gasteiger charge is -2.31. The lowest BCUT2D eigenvalue weighted by Crippen LogP contribution is -2.72. The SMILES string of the molecule is CC(C)(C)C.Cc1ccccc1.c1ccc([Si]2(c3ccccc3)c3ccccc3-c3ccccc32)cc1. The fraction of sp³-hybridized carbons (Fsp3) is 0.167. The summed E-state index contributed by atoms with van der Waals surface area (Å²) in [7, 11) is -2.23. The first kappa shape index (κ1) is 26.4. The molecule has 5 aromatic carbocycles. The van der Waals surface area contributed by atoms with E-state index in [-0.39, 0.29) is 0 Å². The summed E-state index contributed by atoms with van der Waals surface area (Å²) >= 11 is 0. The highest BCUT2D eigenvalue weighted by molar-refractivity contribution is 7.22. The standard InChI is InChI=1S/C24H18Si.C7H8.C5H12/c1-3-11-19(12-4-1)25(20-13-5-2-6-14-20)23-17-9-7-15-21(23)22-16-8-10-18-24(22)25;1-7-5-3-2-4-6-7;1-5(2,3)4/h1-18H;2-6H,1H3;1-4H3. The molecule has 0 unspecified atom stereocenters. The lowest BCUT2D eigenvalue weighted by atomic mass is 10.0. The third kappa shape index (κ3) is 6.01. The Labute approximate surface area is 224 Å². The van der Waals surface area contributed by atoms with Crippen molar-refractivity contribution in [2.24, 2.45) is 5.41 Å². The summed E-state index contributed by atoms with van der Waals surface area (Å²) in [5.74, 6) is 0. The molecule has 0 radical (unpaired) electrons. The van der Waals surface area contributed by atoms with Gasteiger partial charge in [0.15, 0.2) is 8.07 Å². The molecule has 5 aromatic rings. The molecule has 0 nitrogen and oxygen atoms in total. The third-order valence-corrected chi connectivity index (χ3v) is 11.2. The number of benzene rings is 5. The molecule has 1 heteroatoms. The summed E-state index contributed by atoms with van der Waals surface area (Å²) in [5, 5.41) is 5.93. The fourth-order valence-corrected chi connectivity index (χ4v) is 10.1. The van der Waals surface area contributed by atoms with Crippen LogP contribution in [0.25, 0.3) is 11.1 Å². The zero-order valence-corrected chi connectivity index (χ0v) is 23.8. The van der Waals surface area contributed by atoms with Crippen molar-refractivity contribution in [2.75, 3.05) is 0 Å². The van der Waals surface area contributed by atoms with Crippen LogP contribution in [0, 0.1) is 12.3 Å². The Hall–Kier alpha value is -3.68. The lowest BCUT2D eigenvalue weighted by molar-refractivity contribution is 0.469. The Morgan fingerprint density at radius 3 is 1.03 bits per heavy atom. The van der Waals surface area contributed by atoms with Gasteiger partial charge in [0.2, 0.25) is 0 Å². The van der Waals surface area contributed by atoms with E-state index in [1.165, 1.54) is 37.4 Å². The van der Waals surface area contributed by atoms with Crippen LogP contribution in [0.15, 0.2) is 140 Å². The molecule has 186 valence electrons. The summed E-state index contributed by atoms with van der Waals surface area (Å²) in [6, 6.07) is 50.5. The molecule has 0 spiro atoms. The molecule has 6 rings (SSSR count). The van der Waals surface area contributed by atoms with Gasteiger partial charge in [-0.25, -0.2) is 0 Å². The number of aryl methyl sites for hydroxylation is 1. The van der Waals surface area contributed by atoms with Crippen LogP contribution < -0.4 is 20.7 Å². The van der Waals surface area contributed by atoms with Gasteiger partial charge < -0.3 is 0 Å². The topological polar surface area (TPSA) is 0 Å². The number of fused-ring (bicyclic) bond motifs is 3. The quantitative estimate of drug-likeness (QED) is 0.224. The maximum Gasteiger partial charge on any atom is 0.180 e. The molecule has 0 aliphatic carbocycles. The molecule has 0 saturated carbocycles. The van der Waals surface area contributed by atoms with Crippen molar-refractivity contribution in [2.45, 2.75) is 34.6 Å². The maximum absolute atomic E-state index is 2.35. The average Bonchev–Trinajstić information content (AvgIpc) is 3.21. The largest absolute Gasteiger partial charge is 0.180 e. The molecule has 0 N–H and O–H groups in total. The van der Waals surface area contributed by atoms with Crippen molar-refractivity contribution in [1.29, 1.82) is 0 Å². The maximum atomic E-state index is 2.35. The molecule has 0 atom stereocenters. The van der Waals surface area contributed by atoms with E-state index in [2.05, 4.69) is 156 Å². The Morgan fingerprint density at radius 2 is 0.703 bits per heavy atom. The van der Waals surface area contributed by atoms with Gasteiger partial charge in [0, 0.05) is 0 Å². The van der Waals surface area contributed by atoms with Gasteiger partial charge >= 0.3 is 0 Å². The number of rotatable bonds is 2. The Bertz CT molecular complexity index is 1300. The van der Waals surface area contributed by atoms with Crippen molar-refractivity contribution in [3.05, 3.63) is 145 Å². The van der Waals surface area contributed by atoms with Crippen molar-refractivity contribution in [3.63, 3.8) is 0 Å². The van der Waals surface area contributed by atoms with Gasteiger partial charge in [-0.05, 0) is 44.2 Å². The highest BCUT2D eigenvalue weighted by Gasteiger charge is 2.48. The molecule has 37 heavy (non-hydrogen) atoms. The van der Waals surface area contributed by atoms with Crippen molar-refractivity contribution in [3.8, 4) is 11.1 Å². The Morgan fingerprint density at radius 1 is 0.405 bits per heavy atom. The van der Waals surface area contributed by atoms with E-state index in [9.17, 15) is 0 Å². The summed E-state index contributed by atoms with van der Waals surface area (Å²) < 4.78 is 0. The molecule has 1 aliphatic rings. The van der Waals surface area contributed by atoms with E-state index >= 15 is 0 Å². The van der Waals surface area contributed by atoms with Gasteiger partial charge in [0.25, 0.3) is 0 Å². The Balaban J connectivity index is 0.000000222. The van der Waals surface area contributed by atoms with Crippen molar-refractivity contribution >= 4 is 28.8 Å². The number of hydrogen-bond acceptors (Lipinski definition) is 0. The first-order valence-corrected chi connectivity index (χ1v) is 15.1. The average molecular weight is 499 g/mol. The third-order valence-electron chi connectivity index (χ3n) is 6.31. The van der Waals surface area contributed by atoms with Crippen LogP contribution in [0.5, 0.6) is 0 Å². The van der Waals surface area contributed by atoms with Crippen LogP contribution in [-0.2, 0) is 0 Å². The first-order valence-electron chi connectivity index (χ1n) is 13.1. The zero-order chi connectivity index (χ0) is 26.3. The molecule has 1 heterocycles. The molecule has 1 aliphatic heterocycles. The molecular weight excluding hydrogens is 460 g/mol. The van der Waals surface area contributed by atoms with Crippen LogP contribution in [-0.4, -0.2) is 8.07 Å². The van der Waals surface area contributed by atoms with E-state index in [1.807, 2.05) is 18.2 Å². The molecule has 0 fully saturated rings. The van der Waals surface area contributed by atoms with Gasteiger partial charge in [0.1, 0.15) is 0 Å². The van der Waals surface area contributed by atoms with E-state index in [1.54, 1.807) is 0 Å². The van der Waals surface area contributed by atoms with E-state index in [0.29, 0.717) is 5.41 Å². The minimum Gasteiger partial charge on any atom is -0.0623 e. The van der Waals surface area contributed by atoms with Crippen LogP contribution in [0.3, 0.4) is 0 Å². The summed E-state index contributed by atoms with van der Waals surface area (Å²) in [6.07, 6.45) is 0. The molecule has 0 aromatic heterocycles. The monoisotopic (exact) mass is 498 g/mol. The zero-order valence-electron chi connectivity index (χ0n) is 22.8. The summed E-state index contributed by atoms with van der Waals surface area (Å²) in [5.41, 5.74) is 4.62. The second-order valence-electron chi connectivity index (χ2n) is 11.2. The van der Waals surface area contributed by atoms with Crippen LogP contribution in [0.4, 0.5) is 0 Å². The minimum atomic E-state index is -2.23. The van der Waals surface area contributed by atoms with Gasteiger partial charge in [-0.1, -0.05) is 173 Å².